The monoisotopic (exact) mass is 409 g/mol. The zero-order valence-corrected chi connectivity index (χ0v) is 18.0. The number of nitrogens with zero attached hydrogens (tertiary/aromatic N) is 2. The number of piperazine rings is 1. The Morgan fingerprint density at radius 2 is 1.73 bits per heavy atom. The molecule has 1 fully saturated rings. The van der Waals surface area contributed by atoms with Crippen LogP contribution >= 0.6 is 0 Å². The van der Waals surface area contributed by atoms with Gasteiger partial charge in [0, 0.05) is 44.5 Å². The molecule has 2 aromatic rings. The second-order valence-electron chi connectivity index (χ2n) is 7.38. The number of methoxy groups -OCH3 is 2. The molecule has 6 heteroatoms. The fraction of sp³-hybridized carbons (Fsp3) is 0.375. The number of amides is 1. The minimum absolute atomic E-state index is 0.0142. The summed E-state index contributed by atoms with van der Waals surface area (Å²) in [5.74, 6) is 1.22. The highest BCUT2D eigenvalue weighted by Gasteiger charge is 2.25. The van der Waals surface area contributed by atoms with Crippen molar-refractivity contribution in [3.05, 3.63) is 60.2 Å². The van der Waals surface area contributed by atoms with E-state index >= 15 is 0 Å². The minimum Gasteiger partial charge on any atom is -0.493 e. The number of nitrogens with one attached hydrogen (secondary N) is 1. The van der Waals surface area contributed by atoms with Gasteiger partial charge in [-0.05, 0) is 24.6 Å². The molecule has 0 radical (unpaired) electrons. The molecular weight excluding hydrogens is 378 g/mol. The number of carbonyl (C=O) groups excluding carboxylic acids is 1. The van der Waals surface area contributed by atoms with Crippen molar-refractivity contribution < 1.29 is 14.3 Å². The third kappa shape index (κ3) is 5.84. The summed E-state index contributed by atoms with van der Waals surface area (Å²) in [7, 11) is 3.18. The van der Waals surface area contributed by atoms with Crippen LogP contribution < -0.4 is 14.8 Å². The number of benzene rings is 2. The maximum absolute atomic E-state index is 12.7. The van der Waals surface area contributed by atoms with Gasteiger partial charge < -0.3 is 14.8 Å². The Kier molecular flexibility index (Phi) is 7.88. The van der Waals surface area contributed by atoms with E-state index in [0.717, 1.165) is 32.7 Å². The zero-order valence-electron chi connectivity index (χ0n) is 18.0. The van der Waals surface area contributed by atoms with Crippen molar-refractivity contribution in [3.8, 4) is 11.5 Å². The summed E-state index contributed by atoms with van der Waals surface area (Å²) in [5.41, 5.74) is 1.92. The number of hydrogen-bond donors (Lipinski definition) is 1. The minimum atomic E-state index is -0.194. The molecule has 2 aromatic carbocycles. The molecule has 0 aromatic heterocycles. The summed E-state index contributed by atoms with van der Waals surface area (Å²) in [5, 5.41) is 2.99. The Bertz CT molecular complexity index is 846. The average Bonchev–Trinajstić information content (AvgIpc) is 2.79. The largest absolute Gasteiger partial charge is 0.493 e. The molecule has 1 heterocycles. The fourth-order valence-corrected chi connectivity index (χ4v) is 3.56. The van der Waals surface area contributed by atoms with E-state index < -0.39 is 0 Å². The molecule has 0 spiro atoms. The van der Waals surface area contributed by atoms with Crippen molar-refractivity contribution in [2.24, 2.45) is 0 Å². The first-order chi connectivity index (χ1) is 14.6. The van der Waals surface area contributed by atoms with E-state index in [1.807, 2.05) is 31.2 Å². The Morgan fingerprint density at radius 1 is 1.03 bits per heavy atom. The lowest BCUT2D eigenvalue weighted by molar-refractivity contribution is -0.121. The average molecular weight is 410 g/mol. The molecule has 1 aliphatic rings. The molecule has 1 amide bonds. The topological polar surface area (TPSA) is 54.0 Å². The molecule has 0 bridgehead atoms. The Labute approximate surface area is 179 Å². The van der Waals surface area contributed by atoms with Gasteiger partial charge in [0.25, 0.3) is 0 Å². The maximum Gasteiger partial charge on any atom is 0.241 e. The van der Waals surface area contributed by atoms with Crippen LogP contribution in [0, 0.1) is 0 Å². The molecule has 1 aliphatic heterocycles. The van der Waals surface area contributed by atoms with Gasteiger partial charge in [-0.15, -0.1) is 0 Å². The molecule has 0 aliphatic carbocycles. The third-order valence-electron chi connectivity index (χ3n) is 5.46. The first-order valence-electron chi connectivity index (χ1n) is 10.3. The predicted molar refractivity (Wildman–Crippen MR) is 121 cm³/mol. The number of rotatable bonds is 8. The Morgan fingerprint density at radius 3 is 2.40 bits per heavy atom. The summed E-state index contributed by atoms with van der Waals surface area (Å²) in [6.07, 6.45) is 4.36. The van der Waals surface area contributed by atoms with Gasteiger partial charge in [0.2, 0.25) is 5.91 Å². The van der Waals surface area contributed by atoms with Crippen LogP contribution in [-0.2, 0) is 4.79 Å². The van der Waals surface area contributed by atoms with Crippen LogP contribution in [0.2, 0.25) is 0 Å². The lowest BCUT2D eigenvalue weighted by atomic mass is 10.2. The number of ether oxygens (including phenoxy) is 2. The molecule has 30 heavy (non-hydrogen) atoms. The third-order valence-corrected chi connectivity index (χ3v) is 5.46. The molecule has 1 unspecified atom stereocenters. The van der Waals surface area contributed by atoms with Gasteiger partial charge in [0.1, 0.15) is 0 Å². The van der Waals surface area contributed by atoms with Crippen LogP contribution in [0.3, 0.4) is 0 Å². The predicted octanol–water partition coefficient (Wildman–Crippen LogP) is 3.36. The molecule has 1 atom stereocenters. The normalized spacial score (nSPS) is 16.4. The summed E-state index contributed by atoms with van der Waals surface area (Å²) in [6.45, 7) is 6.54. The summed E-state index contributed by atoms with van der Waals surface area (Å²) in [6, 6.07) is 15.5. The van der Waals surface area contributed by atoms with E-state index in [9.17, 15) is 4.79 Å². The van der Waals surface area contributed by atoms with Gasteiger partial charge in [0.15, 0.2) is 11.5 Å². The standard InChI is InChI=1S/C24H31N3O3/c1-19(24(28)25-21-11-12-22(29-2)23(18-21)30-3)27-16-14-26(15-17-27)13-7-10-20-8-5-4-6-9-20/h4-12,18-19H,13-17H2,1-3H3,(H,25,28)/b10-7+. The fourth-order valence-electron chi connectivity index (χ4n) is 3.56. The van der Waals surface area contributed by atoms with E-state index in [2.05, 4.69) is 39.4 Å². The first kappa shape index (κ1) is 21.9. The van der Waals surface area contributed by atoms with Gasteiger partial charge in [0.05, 0.1) is 20.3 Å². The van der Waals surface area contributed by atoms with Crippen LogP contribution in [0.25, 0.3) is 6.08 Å². The van der Waals surface area contributed by atoms with Crippen LogP contribution in [-0.4, -0.2) is 68.7 Å². The van der Waals surface area contributed by atoms with Crippen molar-refractivity contribution >= 4 is 17.7 Å². The van der Waals surface area contributed by atoms with Crippen molar-refractivity contribution in [1.82, 2.24) is 9.80 Å². The second kappa shape index (κ2) is 10.8. The molecule has 1 saturated heterocycles. The van der Waals surface area contributed by atoms with Gasteiger partial charge in [-0.3, -0.25) is 14.6 Å². The van der Waals surface area contributed by atoms with Gasteiger partial charge >= 0.3 is 0 Å². The van der Waals surface area contributed by atoms with Crippen LogP contribution in [0.4, 0.5) is 5.69 Å². The van der Waals surface area contributed by atoms with Crippen LogP contribution in [0.5, 0.6) is 11.5 Å². The highest BCUT2D eigenvalue weighted by Crippen LogP contribution is 2.29. The molecule has 160 valence electrons. The van der Waals surface area contributed by atoms with Gasteiger partial charge in [-0.25, -0.2) is 0 Å². The SMILES string of the molecule is COc1ccc(NC(=O)C(C)N2CCN(C/C=C/c3ccccc3)CC2)cc1OC. The zero-order chi connectivity index (χ0) is 21.3. The number of carbonyl (C=O) groups is 1. The lowest BCUT2D eigenvalue weighted by Gasteiger charge is -2.37. The van der Waals surface area contributed by atoms with E-state index in [0.29, 0.717) is 17.2 Å². The van der Waals surface area contributed by atoms with E-state index in [1.54, 1.807) is 26.4 Å². The van der Waals surface area contributed by atoms with E-state index in [4.69, 9.17) is 9.47 Å². The molecule has 6 nitrogen and oxygen atoms in total. The molecular formula is C24H31N3O3. The maximum atomic E-state index is 12.7. The van der Waals surface area contributed by atoms with Gasteiger partial charge in [-0.2, -0.15) is 0 Å². The van der Waals surface area contributed by atoms with Crippen molar-refractivity contribution in [1.29, 1.82) is 0 Å². The van der Waals surface area contributed by atoms with E-state index in [-0.39, 0.29) is 11.9 Å². The Hall–Kier alpha value is -2.83. The Balaban J connectivity index is 1.47. The molecule has 0 saturated carbocycles. The summed E-state index contributed by atoms with van der Waals surface area (Å²) < 4.78 is 10.6. The number of hydrogen-bond acceptors (Lipinski definition) is 5. The summed E-state index contributed by atoms with van der Waals surface area (Å²) >= 11 is 0. The highest BCUT2D eigenvalue weighted by atomic mass is 16.5. The van der Waals surface area contributed by atoms with Crippen molar-refractivity contribution in [3.63, 3.8) is 0 Å². The second-order valence-corrected chi connectivity index (χ2v) is 7.38. The quantitative estimate of drug-likeness (QED) is 0.725. The molecule has 3 rings (SSSR count). The smallest absolute Gasteiger partial charge is 0.241 e. The molecule has 1 N–H and O–H groups in total. The van der Waals surface area contributed by atoms with Crippen molar-refractivity contribution in [2.45, 2.75) is 13.0 Å². The summed E-state index contributed by atoms with van der Waals surface area (Å²) in [4.78, 5) is 17.4. The van der Waals surface area contributed by atoms with Crippen LogP contribution in [0.15, 0.2) is 54.6 Å². The van der Waals surface area contributed by atoms with E-state index in [1.165, 1.54) is 5.56 Å². The highest BCUT2D eigenvalue weighted by molar-refractivity contribution is 5.94. The lowest BCUT2D eigenvalue weighted by Crippen LogP contribution is -2.52. The van der Waals surface area contributed by atoms with Gasteiger partial charge in [-0.1, -0.05) is 42.5 Å². The van der Waals surface area contributed by atoms with Crippen LogP contribution in [0.1, 0.15) is 12.5 Å². The first-order valence-corrected chi connectivity index (χ1v) is 10.3. The number of anilines is 1. The van der Waals surface area contributed by atoms with Crippen molar-refractivity contribution in [2.75, 3.05) is 52.3 Å².